The monoisotopic (exact) mass is 248 g/mol. The van der Waals surface area contributed by atoms with Crippen LogP contribution in [0.2, 0.25) is 0 Å². The molecule has 4 nitrogen and oxygen atoms in total. The van der Waals surface area contributed by atoms with Crippen LogP contribution in [0.15, 0.2) is 30.3 Å². The summed E-state index contributed by atoms with van der Waals surface area (Å²) in [6.45, 7) is 1.84. The van der Waals surface area contributed by atoms with Crippen molar-refractivity contribution in [3.05, 3.63) is 35.9 Å². The predicted molar refractivity (Wildman–Crippen MR) is 70.6 cm³/mol. The van der Waals surface area contributed by atoms with E-state index in [1.165, 1.54) is 0 Å². The van der Waals surface area contributed by atoms with E-state index in [9.17, 15) is 4.79 Å². The van der Waals surface area contributed by atoms with Crippen molar-refractivity contribution in [3.63, 3.8) is 0 Å². The summed E-state index contributed by atoms with van der Waals surface area (Å²) in [7, 11) is 3.77. The first kappa shape index (κ1) is 13.1. The molecule has 0 saturated carbocycles. The SMILES string of the molecule is CO[C@@H]1CN(C)CC[C@@H]1NC(=O)c1ccccc1. The minimum absolute atomic E-state index is 0.0211. The van der Waals surface area contributed by atoms with Gasteiger partial charge in [0, 0.05) is 19.2 Å². The van der Waals surface area contributed by atoms with Crippen molar-refractivity contribution in [2.45, 2.75) is 18.6 Å². The largest absolute Gasteiger partial charge is 0.378 e. The number of methoxy groups -OCH3 is 1. The number of rotatable bonds is 3. The van der Waals surface area contributed by atoms with Crippen LogP contribution in [0, 0.1) is 0 Å². The fourth-order valence-electron chi connectivity index (χ4n) is 2.32. The lowest BCUT2D eigenvalue weighted by Gasteiger charge is -2.36. The molecule has 1 amide bonds. The Morgan fingerprint density at radius 1 is 1.39 bits per heavy atom. The summed E-state index contributed by atoms with van der Waals surface area (Å²) in [5.41, 5.74) is 0.700. The van der Waals surface area contributed by atoms with Crippen molar-refractivity contribution in [2.75, 3.05) is 27.2 Å². The molecular weight excluding hydrogens is 228 g/mol. The quantitative estimate of drug-likeness (QED) is 0.872. The zero-order valence-corrected chi connectivity index (χ0v) is 10.9. The van der Waals surface area contributed by atoms with Crippen LogP contribution in [-0.4, -0.2) is 50.2 Å². The molecule has 18 heavy (non-hydrogen) atoms. The van der Waals surface area contributed by atoms with Crippen LogP contribution in [-0.2, 0) is 4.74 Å². The molecule has 4 heteroatoms. The number of nitrogens with zero attached hydrogens (tertiary/aromatic N) is 1. The zero-order valence-electron chi connectivity index (χ0n) is 10.9. The average molecular weight is 248 g/mol. The van der Waals surface area contributed by atoms with E-state index in [2.05, 4.69) is 17.3 Å². The van der Waals surface area contributed by atoms with E-state index in [1.54, 1.807) is 7.11 Å². The molecule has 1 N–H and O–H groups in total. The molecule has 0 spiro atoms. The number of likely N-dealkylation sites (tertiary alicyclic amines) is 1. The first-order chi connectivity index (χ1) is 8.70. The molecule has 1 aliphatic rings. The summed E-state index contributed by atoms with van der Waals surface area (Å²) >= 11 is 0. The molecule has 98 valence electrons. The number of piperidine rings is 1. The lowest BCUT2D eigenvalue weighted by Crippen LogP contribution is -2.53. The van der Waals surface area contributed by atoms with E-state index in [4.69, 9.17) is 4.74 Å². The molecule has 1 fully saturated rings. The van der Waals surface area contributed by atoms with Gasteiger partial charge in [-0.1, -0.05) is 18.2 Å². The fraction of sp³-hybridized carbons (Fsp3) is 0.500. The van der Waals surface area contributed by atoms with Gasteiger partial charge in [-0.25, -0.2) is 0 Å². The summed E-state index contributed by atoms with van der Waals surface area (Å²) in [6, 6.07) is 9.40. The summed E-state index contributed by atoms with van der Waals surface area (Å²) < 4.78 is 5.45. The molecule has 2 atom stereocenters. The number of hydrogen-bond donors (Lipinski definition) is 1. The molecule has 0 bridgehead atoms. The topological polar surface area (TPSA) is 41.6 Å². The maximum Gasteiger partial charge on any atom is 0.251 e. The molecule has 1 aromatic carbocycles. The highest BCUT2D eigenvalue weighted by Crippen LogP contribution is 2.13. The van der Waals surface area contributed by atoms with Gasteiger partial charge in [0.2, 0.25) is 0 Å². The normalized spacial score (nSPS) is 24.8. The Hall–Kier alpha value is -1.39. The van der Waals surface area contributed by atoms with Gasteiger partial charge in [0.05, 0.1) is 12.1 Å². The Morgan fingerprint density at radius 2 is 2.11 bits per heavy atom. The van der Waals surface area contributed by atoms with Crippen molar-refractivity contribution >= 4 is 5.91 Å². The molecule has 0 unspecified atom stereocenters. The maximum atomic E-state index is 12.1. The van der Waals surface area contributed by atoms with Gasteiger partial charge >= 0.3 is 0 Å². The van der Waals surface area contributed by atoms with Crippen LogP contribution < -0.4 is 5.32 Å². The third-order valence-electron chi connectivity index (χ3n) is 3.42. The molecule has 0 aromatic heterocycles. The Balaban J connectivity index is 1.98. The van der Waals surface area contributed by atoms with Crippen molar-refractivity contribution in [3.8, 4) is 0 Å². The molecule has 2 rings (SSSR count). The lowest BCUT2D eigenvalue weighted by atomic mass is 10.0. The van der Waals surface area contributed by atoms with Crippen LogP contribution in [0.4, 0.5) is 0 Å². The van der Waals surface area contributed by atoms with Gasteiger partial charge in [-0.15, -0.1) is 0 Å². The minimum atomic E-state index is -0.0211. The third-order valence-corrected chi connectivity index (χ3v) is 3.42. The van der Waals surface area contributed by atoms with Crippen molar-refractivity contribution in [2.24, 2.45) is 0 Å². The lowest BCUT2D eigenvalue weighted by molar-refractivity contribution is 0.0142. The van der Waals surface area contributed by atoms with Crippen LogP contribution in [0.5, 0.6) is 0 Å². The molecule has 1 aliphatic heterocycles. The molecule has 0 aliphatic carbocycles. The molecule has 0 radical (unpaired) electrons. The Kier molecular flexibility index (Phi) is 4.33. The molecule has 1 heterocycles. The standard InChI is InChI=1S/C14H20N2O2/c1-16-9-8-12(13(10-16)18-2)15-14(17)11-6-4-3-5-7-11/h3-7,12-13H,8-10H2,1-2H3,(H,15,17)/t12-,13+/m0/s1. The van der Waals surface area contributed by atoms with E-state index >= 15 is 0 Å². The predicted octanol–water partition coefficient (Wildman–Crippen LogP) is 1.14. The summed E-state index contributed by atoms with van der Waals surface area (Å²) in [5, 5.41) is 3.07. The number of nitrogens with one attached hydrogen (secondary N) is 1. The highest BCUT2D eigenvalue weighted by Gasteiger charge is 2.28. The van der Waals surface area contributed by atoms with Crippen LogP contribution >= 0.6 is 0 Å². The molecule has 1 aromatic rings. The number of likely N-dealkylation sites (N-methyl/N-ethyl adjacent to an activating group) is 1. The number of amides is 1. The van der Waals surface area contributed by atoms with Gasteiger partial charge in [-0.05, 0) is 32.1 Å². The van der Waals surface area contributed by atoms with Crippen molar-refractivity contribution < 1.29 is 9.53 Å². The Morgan fingerprint density at radius 3 is 2.78 bits per heavy atom. The number of hydrogen-bond acceptors (Lipinski definition) is 3. The van der Waals surface area contributed by atoms with Gasteiger partial charge in [-0.2, -0.15) is 0 Å². The summed E-state index contributed by atoms with van der Waals surface area (Å²) in [5.74, 6) is -0.0211. The maximum absolute atomic E-state index is 12.1. The van der Waals surface area contributed by atoms with E-state index in [0.717, 1.165) is 19.5 Å². The first-order valence-corrected chi connectivity index (χ1v) is 6.28. The van der Waals surface area contributed by atoms with Crippen LogP contribution in [0.1, 0.15) is 16.8 Å². The van der Waals surface area contributed by atoms with Gasteiger partial charge in [0.15, 0.2) is 0 Å². The molecule has 1 saturated heterocycles. The molecular formula is C14H20N2O2. The highest BCUT2D eigenvalue weighted by atomic mass is 16.5. The second-order valence-electron chi connectivity index (χ2n) is 4.77. The van der Waals surface area contributed by atoms with E-state index in [1.807, 2.05) is 30.3 Å². The van der Waals surface area contributed by atoms with E-state index in [0.29, 0.717) is 5.56 Å². The van der Waals surface area contributed by atoms with Gasteiger partial charge in [0.25, 0.3) is 5.91 Å². The second kappa shape index (κ2) is 5.98. The Labute approximate surface area is 108 Å². The highest BCUT2D eigenvalue weighted by molar-refractivity contribution is 5.94. The van der Waals surface area contributed by atoms with E-state index < -0.39 is 0 Å². The van der Waals surface area contributed by atoms with Crippen molar-refractivity contribution in [1.82, 2.24) is 10.2 Å². The van der Waals surface area contributed by atoms with Crippen molar-refractivity contribution in [1.29, 1.82) is 0 Å². The summed E-state index contributed by atoms with van der Waals surface area (Å²) in [4.78, 5) is 14.3. The average Bonchev–Trinajstić information content (AvgIpc) is 2.41. The van der Waals surface area contributed by atoms with Crippen LogP contribution in [0.25, 0.3) is 0 Å². The number of ether oxygens (including phenoxy) is 1. The summed E-state index contributed by atoms with van der Waals surface area (Å²) in [6.07, 6.45) is 0.990. The van der Waals surface area contributed by atoms with E-state index in [-0.39, 0.29) is 18.1 Å². The second-order valence-corrected chi connectivity index (χ2v) is 4.77. The first-order valence-electron chi connectivity index (χ1n) is 6.28. The smallest absolute Gasteiger partial charge is 0.251 e. The van der Waals surface area contributed by atoms with Crippen LogP contribution in [0.3, 0.4) is 0 Å². The number of carbonyl (C=O) groups is 1. The van der Waals surface area contributed by atoms with Gasteiger partial charge in [0.1, 0.15) is 0 Å². The number of carbonyl (C=O) groups excluding carboxylic acids is 1. The zero-order chi connectivity index (χ0) is 13.0. The Bertz CT molecular complexity index is 394. The minimum Gasteiger partial charge on any atom is -0.378 e. The third kappa shape index (κ3) is 3.09. The fourth-order valence-corrected chi connectivity index (χ4v) is 2.32. The van der Waals surface area contributed by atoms with Gasteiger partial charge < -0.3 is 15.0 Å². The number of benzene rings is 1. The van der Waals surface area contributed by atoms with Gasteiger partial charge in [-0.3, -0.25) is 4.79 Å².